The lowest BCUT2D eigenvalue weighted by molar-refractivity contribution is -0.123. The van der Waals surface area contributed by atoms with E-state index in [1.165, 1.54) is 72.5 Å². The Morgan fingerprint density at radius 1 is 1.12 bits per heavy atom. The average molecular weight is 445 g/mol. The minimum atomic E-state index is -0.0749. The van der Waals surface area contributed by atoms with Crippen molar-refractivity contribution in [2.24, 2.45) is 5.10 Å². The molecule has 2 aromatic heterocycles. The first-order chi connectivity index (χ1) is 16.3. The zero-order valence-corrected chi connectivity index (χ0v) is 19.1. The zero-order chi connectivity index (χ0) is 22.2. The molecule has 6 heteroatoms. The van der Waals surface area contributed by atoms with Crippen molar-refractivity contribution in [1.29, 1.82) is 0 Å². The summed E-state index contributed by atoms with van der Waals surface area (Å²) in [6.07, 6.45) is 13.4. The van der Waals surface area contributed by atoms with Gasteiger partial charge in [0.25, 0.3) is 5.91 Å². The smallest absolute Gasteiger partial charge is 0.254 e. The number of aromatic nitrogens is 1. The fourth-order valence-corrected chi connectivity index (χ4v) is 6.33. The van der Waals surface area contributed by atoms with Gasteiger partial charge >= 0.3 is 0 Å². The molecule has 2 aliphatic carbocycles. The van der Waals surface area contributed by atoms with Crippen molar-refractivity contribution in [3.8, 4) is 0 Å². The SMILES string of the molecule is O=C(CN1CCn2c3c(c4cc(C5CCCCC5)ccc42)CCC[C@@H]31)NN=Cc1ccco1. The topological polar surface area (TPSA) is 62.8 Å². The van der Waals surface area contributed by atoms with Gasteiger partial charge in [0.05, 0.1) is 25.1 Å². The summed E-state index contributed by atoms with van der Waals surface area (Å²) in [4.78, 5) is 14.9. The maximum Gasteiger partial charge on any atom is 0.254 e. The lowest BCUT2D eigenvalue weighted by atomic mass is 9.83. The summed E-state index contributed by atoms with van der Waals surface area (Å²) in [5, 5.41) is 5.51. The van der Waals surface area contributed by atoms with Gasteiger partial charge in [-0.25, -0.2) is 5.43 Å². The second-order valence-electron chi connectivity index (χ2n) is 9.81. The van der Waals surface area contributed by atoms with Crippen molar-refractivity contribution in [2.45, 2.75) is 69.9 Å². The number of aryl methyl sites for hydroxylation is 1. The molecule has 1 amide bonds. The molecule has 0 unspecified atom stereocenters. The van der Waals surface area contributed by atoms with Gasteiger partial charge in [0.2, 0.25) is 0 Å². The van der Waals surface area contributed by atoms with Gasteiger partial charge < -0.3 is 8.98 Å². The quantitative estimate of drug-likeness (QED) is 0.439. The summed E-state index contributed by atoms with van der Waals surface area (Å²) in [6, 6.07) is 11.2. The number of amides is 1. The maximum absolute atomic E-state index is 12.6. The zero-order valence-electron chi connectivity index (χ0n) is 19.1. The number of hydrogen-bond acceptors (Lipinski definition) is 4. The van der Waals surface area contributed by atoms with Crippen LogP contribution in [-0.4, -0.2) is 34.7 Å². The molecule has 1 aromatic carbocycles. The summed E-state index contributed by atoms with van der Waals surface area (Å²) < 4.78 is 7.77. The van der Waals surface area contributed by atoms with Crippen molar-refractivity contribution in [1.82, 2.24) is 14.9 Å². The van der Waals surface area contributed by atoms with Crippen LogP contribution >= 0.6 is 0 Å². The predicted octanol–water partition coefficient (Wildman–Crippen LogP) is 5.13. The highest BCUT2D eigenvalue weighted by atomic mass is 16.3. The van der Waals surface area contributed by atoms with E-state index in [1.54, 1.807) is 12.3 Å². The van der Waals surface area contributed by atoms with E-state index < -0.39 is 0 Å². The number of carbonyl (C=O) groups excluding carboxylic acids is 1. The van der Waals surface area contributed by atoms with Crippen LogP contribution in [0.2, 0.25) is 0 Å². The highest BCUT2D eigenvalue weighted by molar-refractivity contribution is 5.87. The van der Waals surface area contributed by atoms with Crippen molar-refractivity contribution in [2.75, 3.05) is 13.1 Å². The molecule has 3 heterocycles. The number of furan rings is 1. The lowest BCUT2D eigenvalue weighted by Gasteiger charge is -2.39. The van der Waals surface area contributed by atoms with Gasteiger partial charge in [0.1, 0.15) is 5.76 Å². The monoisotopic (exact) mass is 444 g/mol. The van der Waals surface area contributed by atoms with Crippen LogP contribution in [-0.2, 0) is 17.8 Å². The second kappa shape index (κ2) is 8.82. The van der Waals surface area contributed by atoms with Crippen LogP contribution in [0, 0.1) is 0 Å². The van der Waals surface area contributed by atoms with Crippen molar-refractivity contribution in [3.05, 3.63) is 59.2 Å². The number of rotatable bonds is 5. The number of hydrazone groups is 1. The largest absolute Gasteiger partial charge is 0.463 e. The van der Waals surface area contributed by atoms with Crippen LogP contribution < -0.4 is 5.43 Å². The Labute approximate surface area is 194 Å². The van der Waals surface area contributed by atoms with Gasteiger partial charge in [-0.1, -0.05) is 25.3 Å². The Hall–Kier alpha value is -2.86. The summed E-state index contributed by atoms with van der Waals surface area (Å²) in [6.45, 7) is 2.20. The van der Waals surface area contributed by atoms with Crippen LogP contribution in [0.15, 0.2) is 46.1 Å². The molecule has 1 aliphatic heterocycles. The number of carbonyl (C=O) groups is 1. The molecule has 1 fully saturated rings. The first-order valence-corrected chi connectivity index (χ1v) is 12.5. The van der Waals surface area contributed by atoms with Crippen molar-refractivity contribution < 1.29 is 9.21 Å². The molecular weight excluding hydrogens is 412 g/mol. The van der Waals surface area contributed by atoms with E-state index in [2.05, 4.69) is 38.2 Å². The van der Waals surface area contributed by atoms with Crippen LogP contribution in [0.1, 0.15) is 79.5 Å². The Kier molecular flexibility index (Phi) is 5.54. The molecule has 0 spiro atoms. The molecule has 0 radical (unpaired) electrons. The Balaban J connectivity index is 1.23. The van der Waals surface area contributed by atoms with Gasteiger partial charge in [-0.05, 0) is 73.4 Å². The first kappa shape index (κ1) is 20.7. The Morgan fingerprint density at radius 2 is 2.03 bits per heavy atom. The van der Waals surface area contributed by atoms with Gasteiger partial charge in [-0.15, -0.1) is 0 Å². The fraction of sp³-hybridized carbons (Fsp3) is 0.481. The summed E-state index contributed by atoms with van der Waals surface area (Å²) in [5.41, 5.74) is 8.57. The molecule has 172 valence electrons. The first-order valence-electron chi connectivity index (χ1n) is 12.5. The average Bonchev–Trinajstić information content (AvgIpc) is 3.48. The van der Waals surface area contributed by atoms with Gasteiger partial charge in [-0.3, -0.25) is 9.69 Å². The standard InChI is InChI=1S/C27H32N4O2/c32-26(29-28-17-21-8-5-15-33-21)18-30-13-14-31-24-12-11-20(19-6-2-1-3-7-19)16-23(24)22-9-4-10-25(30)27(22)31/h5,8,11-12,15-17,19,25H,1-4,6-7,9-10,13-14,18H2,(H,29,32)/t25-/m0/s1. The third-order valence-electron chi connectivity index (χ3n) is 7.86. The Bertz CT molecular complexity index is 1170. The molecule has 1 saturated carbocycles. The van der Waals surface area contributed by atoms with E-state index in [0.717, 1.165) is 31.8 Å². The highest BCUT2D eigenvalue weighted by Crippen LogP contribution is 2.43. The molecule has 3 aliphatic rings. The third-order valence-corrected chi connectivity index (χ3v) is 7.86. The highest BCUT2D eigenvalue weighted by Gasteiger charge is 2.35. The van der Waals surface area contributed by atoms with E-state index in [-0.39, 0.29) is 5.91 Å². The van der Waals surface area contributed by atoms with Crippen molar-refractivity contribution in [3.63, 3.8) is 0 Å². The van der Waals surface area contributed by atoms with Gasteiger partial charge in [0.15, 0.2) is 0 Å². The molecule has 6 nitrogen and oxygen atoms in total. The molecule has 33 heavy (non-hydrogen) atoms. The van der Waals surface area contributed by atoms with E-state index in [4.69, 9.17) is 4.42 Å². The van der Waals surface area contributed by atoms with Crippen LogP contribution in [0.25, 0.3) is 10.9 Å². The summed E-state index contributed by atoms with van der Waals surface area (Å²) >= 11 is 0. The van der Waals surface area contributed by atoms with Crippen LogP contribution in [0.5, 0.6) is 0 Å². The maximum atomic E-state index is 12.6. The van der Waals surface area contributed by atoms with E-state index in [1.807, 2.05) is 6.07 Å². The van der Waals surface area contributed by atoms with Crippen LogP contribution in [0.3, 0.4) is 0 Å². The molecule has 0 bridgehead atoms. The van der Waals surface area contributed by atoms with Gasteiger partial charge in [0, 0.05) is 29.7 Å². The van der Waals surface area contributed by atoms with Gasteiger partial charge in [-0.2, -0.15) is 5.10 Å². The fourth-order valence-electron chi connectivity index (χ4n) is 6.33. The van der Waals surface area contributed by atoms with E-state index in [9.17, 15) is 4.79 Å². The van der Waals surface area contributed by atoms with E-state index >= 15 is 0 Å². The number of nitrogens with one attached hydrogen (secondary N) is 1. The summed E-state index contributed by atoms with van der Waals surface area (Å²) in [5.74, 6) is 1.28. The molecule has 3 aromatic rings. The molecule has 0 saturated heterocycles. The number of hydrogen-bond donors (Lipinski definition) is 1. The third kappa shape index (κ3) is 3.90. The second-order valence-corrected chi connectivity index (χ2v) is 9.81. The predicted molar refractivity (Wildman–Crippen MR) is 129 cm³/mol. The molecular formula is C27H32N4O2. The number of fused-ring (bicyclic) bond motifs is 3. The molecule has 1 N–H and O–H groups in total. The van der Waals surface area contributed by atoms with Crippen molar-refractivity contribution >= 4 is 23.0 Å². The molecule has 1 atom stereocenters. The van der Waals surface area contributed by atoms with Crippen LogP contribution in [0.4, 0.5) is 0 Å². The minimum absolute atomic E-state index is 0.0749. The van der Waals surface area contributed by atoms with E-state index in [0.29, 0.717) is 18.3 Å². The summed E-state index contributed by atoms with van der Waals surface area (Å²) in [7, 11) is 0. The molecule has 6 rings (SSSR count). The Morgan fingerprint density at radius 3 is 2.88 bits per heavy atom. The number of benzene rings is 1. The normalized spacial score (nSPS) is 21.5. The number of nitrogens with zero attached hydrogens (tertiary/aromatic N) is 3. The lowest BCUT2D eigenvalue weighted by Crippen LogP contribution is -2.44. The minimum Gasteiger partial charge on any atom is -0.463 e.